The Labute approximate surface area is 177 Å². The Kier molecular flexibility index (Phi) is 7.02. The van der Waals surface area contributed by atoms with Gasteiger partial charge in [0.2, 0.25) is 0 Å². The molecule has 0 bridgehead atoms. The van der Waals surface area contributed by atoms with Crippen LogP contribution in [0.3, 0.4) is 0 Å². The SMILES string of the molecule is CC1CN(C(=NCC2CCOC2)NCCc2ccco2)CC(c2ccc(F)cc2)O1. The second kappa shape index (κ2) is 10.1. The monoisotopic (exact) mass is 415 g/mol. The van der Waals surface area contributed by atoms with Crippen molar-refractivity contribution in [1.82, 2.24) is 10.2 Å². The molecule has 3 heterocycles. The minimum absolute atomic E-state index is 0.0423. The molecular weight excluding hydrogens is 385 g/mol. The van der Waals surface area contributed by atoms with Gasteiger partial charge < -0.3 is 24.1 Å². The molecule has 0 spiro atoms. The van der Waals surface area contributed by atoms with Crippen LogP contribution in [0.5, 0.6) is 0 Å². The molecule has 1 N–H and O–H groups in total. The molecule has 2 aliphatic heterocycles. The lowest BCUT2D eigenvalue weighted by molar-refractivity contribution is -0.0605. The maximum Gasteiger partial charge on any atom is 0.194 e. The molecule has 30 heavy (non-hydrogen) atoms. The van der Waals surface area contributed by atoms with Crippen molar-refractivity contribution < 1.29 is 18.3 Å². The number of ether oxygens (including phenoxy) is 2. The number of nitrogens with one attached hydrogen (secondary N) is 1. The molecule has 0 amide bonds. The van der Waals surface area contributed by atoms with Crippen molar-refractivity contribution in [2.75, 3.05) is 39.4 Å². The van der Waals surface area contributed by atoms with Crippen LogP contribution in [0.4, 0.5) is 4.39 Å². The van der Waals surface area contributed by atoms with Gasteiger partial charge in [-0.05, 0) is 43.2 Å². The van der Waals surface area contributed by atoms with E-state index < -0.39 is 0 Å². The molecule has 2 fully saturated rings. The Morgan fingerprint density at radius 2 is 2.10 bits per heavy atom. The first-order valence-electron chi connectivity index (χ1n) is 10.7. The second-order valence-corrected chi connectivity index (χ2v) is 8.04. The van der Waals surface area contributed by atoms with E-state index in [-0.39, 0.29) is 18.0 Å². The fourth-order valence-corrected chi connectivity index (χ4v) is 3.95. The van der Waals surface area contributed by atoms with Crippen molar-refractivity contribution in [3.63, 3.8) is 0 Å². The van der Waals surface area contributed by atoms with Crippen molar-refractivity contribution in [1.29, 1.82) is 0 Å². The van der Waals surface area contributed by atoms with Gasteiger partial charge in [0.05, 0.1) is 25.5 Å². The molecule has 162 valence electrons. The summed E-state index contributed by atoms with van der Waals surface area (Å²) in [6.07, 6.45) is 3.46. The predicted molar refractivity (Wildman–Crippen MR) is 113 cm³/mol. The molecule has 0 aliphatic carbocycles. The minimum atomic E-state index is -0.236. The third kappa shape index (κ3) is 5.61. The van der Waals surface area contributed by atoms with Gasteiger partial charge in [0.25, 0.3) is 0 Å². The number of furan rings is 1. The number of hydrogen-bond acceptors (Lipinski definition) is 4. The number of halogens is 1. The maximum absolute atomic E-state index is 13.3. The van der Waals surface area contributed by atoms with Gasteiger partial charge in [-0.1, -0.05) is 12.1 Å². The molecule has 2 saturated heterocycles. The van der Waals surface area contributed by atoms with Crippen LogP contribution in [0, 0.1) is 11.7 Å². The van der Waals surface area contributed by atoms with Crippen LogP contribution in [0.15, 0.2) is 52.1 Å². The summed E-state index contributed by atoms with van der Waals surface area (Å²) in [5.41, 5.74) is 0.979. The molecular formula is C23H30FN3O3. The third-order valence-corrected chi connectivity index (χ3v) is 5.56. The standard InChI is InChI=1S/C23H30FN3O3/c1-17-14-27(15-22(30-17)19-4-6-20(24)7-5-19)23(26-13-18-9-12-28-16-18)25-10-8-21-3-2-11-29-21/h2-7,11,17-18,22H,8-10,12-16H2,1H3,(H,25,26). The van der Waals surface area contributed by atoms with E-state index >= 15 is 0 Å². The van der Waals surface area contributed by atoms with Crippen LogP contribution in [-0.4, -0.2) is 56.4 Å². The molecule has 1 aromatic carbocycles. The molecule has 3 unspecified atom stereocenters. The number of morpholine rings is 1. The Bertz CT molecular complexity index is 804. The lowest BCUT2D eigenvalue weighted by Crippen LogP contribution is -2.51. The highest BCUT2D eigenvalue weighted by molar-refractivity contribution is 5.80. The molecule has 1 aromatic heterocycles. The lowest BCUT2D eigenvalue weighted by Gasteiger charge is -2.39. The van der Waals surface area contributed by atoms with E-state index in [0.29, 0.717) is 12.5 Å². The van der Waals surface area contributed by atoms with Gasteiger partial charge in [-0.3, -0.25) is 4.99 Å². The summed E-state index contributed by atoms with van der Waals surface area (Å²) in [6, 6.07) is 10.5. The van der Waals surface area contributed by atoms with E-state index in [4.69, 9.17) is 18.9 Å². The van der Waals surface area contributed by atoms with Crippen molar-refractivity contribution in [2.45, 2.75) is 32.0 Å². The number of aliphatic imine (C=N–C) groups is 1. The molecule has 3 atom stereocenters. The van der Waals surface area contributed by atoms with E-state index in [0.717, 1.165) is 63.0 Å². The zero-order valence-corrected chi connectivity index (χ0v) is 17.4. The Morgan fingerprint density at radius 1 is 1.23 bits per heavy atom. The van der Waals surface area contributed by atoms with Gasteiger partial charge in [0, 0.05) is 38.6 Å². The summed E-state index contributed by atoms with van der Waals surface area (Å²) in [6.45, 7) is 6.57. The minimum Gasteiger partial charge on any atom is -0.469 e. The van der Waals surface area contributed by atoms with Crippen molar-refractivity contribution in [2.24, 2.45) is 10.9 Å². The average Bonchev–Trinajstić information content (AvgIpc) is 3.45. The fraction of sp³-hybridized carbons (Fsp3) is 0.522. The molecule has 7 heteroatoms. The lowest BCUT2D eigenvalue weighted by atomic mass is 10.1. The average molecular weight is 416 g/mol. The normalized spacial score (nSPS) is 24.9. The Morgan fingerprint density at radius 3 is 2.83 bits per heavy atom. The number of nitrogens with zero attached hydrogens (tertiary/aromatic N) is 2. The van der Waals surface area contributed by atoms with Gasteiger partial charge in [0.1, 0.15) is 17.7 Å². The smallest absolute Gasteiger partial charge is 0.194 e. The number of benzene rings is 1. The quantitative estimate of drug-likeness (QED) is 0.579. The number of hydrogen-bond donors (Lipinski definition) is 1. The third-order valence-electron chi connectivity index (χ3n) is 5.56. The van der Waals surface area contributed by atoms with Gasteiger partial charge in [-0.15, -0.1) is 0 Å². The van der Waals surface area contributed by atoms with Crippen LogP contribution in [-0.2, 0) is 15.9 Å². The first kappa shape index (κ1) is 20.9. The molecule has 0 saturated carbocycles. The van der Waals surface area contributed by atoms with Crippen LogP contribution < -0.4 is 5.32 Å². The highest BCUT2D eigenvalue weighted by Gasteiger charge is 2.29. The molecule has 4 rings (SSSR count). The van der Waals surface area contributed by atoms with Gasteiger partial charge >= 0.3 is 0 Å². The summed E-state index contributed by atoms with van der Waals surface area (Å²) >= 11 is 0. The summed E-state index contributed by atoms with van der Waals surface area (Å²) in [5, 5.41) is 3.51. The molecule has 2 aromatic rings. The van der Waals surface area contributed by atoms with Gasteiger partial charge in [-0.25, -0.2) is 4.39 Å². The Hall–Kier alpha value is -2.38. The number of guanidine groups is 1. The fourth-order valence-electron chi connectivity index (χ4n) is 3.95. The first-order valence-corrected chi connectivity index (χ1v) is 10.7. The second-order valence-electron chi connectivity index (χ2n) is 8.04. The van der Waals surface area contributed by atoms with E-state index in [2.05, 4.69) is 17.1 Å². The topological polar surface area (TPSA) is 59.2 Å². The summed E-state index contributed by atoms with van der Waals surface area (Å²) in [7, 11) is 0. The summed E-state index contributed by atoms with van der Waals surface area (Å²) in [4.78, 5) is 7.18. The van der Waals surface area contributed by atoms with E-state index in [9.17, 15) is 4.39 Å². The van der Waals surface area contributed by atoms with E-state index in [1.165, 1.54) is 12.1 Å². The molecule has 0 radical (unpaired) electrons. The highest BCUT2D eigenvalue weighted by atomic mass is 19.1. The zero-order valence-electron chi connectivity index (χ0n) is 17.4. The van der Waals surface area contributed by atoms with Gasteiger partial charge in [-0.2, -0.15) is 0 Å². The maximum atomic E-state index is 13.3. The largest absolute Gasteiger partial charge is 0.469 e. The molecule has 2 aliphatic rings. The van der Waals surface area contributed by atoms with Crippen molar-refractivity contribution >= 4 is 5.96 Å². The van der Waals surface area contributed by atoms with E-state index in [1.54, 1.807) is 18.4 Å². The van der Waals surface area contributed by atoms with Gasteiger partial charge in [0.15, 0.2) is 5.96 Å². The summed E-state index contributed by atoms with van der Waals surface area (Å²) < 4.78 is 30.4. The summed E-state index contributed by atoms with van der Waals surface area (Å²) in [5.74, 6) is 2.07. The number of rotatable bonds is 6. The highest BCUT2D eigenvalue weighted by Crippen LogP contribution is 2.25. The van der Waals surface area contributed by atoms with Crippen LogP contribution >= 0.6 is 0 Å². The Balaban J connectivity index is 1.45. The predicted octanol–water partition coefficient (Wildman–Crippen LogP) is 3.41. The first-order chi connectivity index (χ1) is 14.7. The van der Waals surface area contributed by atoms with Crippen LogP contribution in [0.25, 0.3) is 0 Å². The van der Waals surface area contributed by atoms with Crippen molar-refractivity contribution in [3.8, 4) is 0 Å². The zero-order chi connectivity index (χ0) is 20.8. The van der Waals surface area contributed by atoms with E-state index in [1.807, 2.05) is 12.1 Å². The van der Waals surface area contributed by atoms with Crippen LogP contribution in [0.1, 0.15) is 30.8 Å². The molecule has 6 nitrogen and oxygen atoms in total. The van der Waals surface area contributed by atoms with Crippen molar-refractivity contribution in [3.05, 3.63) is 59.8 Å². The van der Waals surface area contributed by atoms with Crippen LogP contribution in [0.2, 0.25) is 0 Å².